The van der Waals surface area contributed by atoms with Crippen LogP contribution in [0.15, 0.2) is 57.6 Å². The number of carbonyl (C=O) groups is 1. The van der Waals surface area contributed by atoms with Crippen LogP contribution in [0.1, 0.15) is 70.0 Å². The molecule has 0 saturated heterocycles. The molecule has 0 atom stereocenters. The Morgan fingerprint density at radius 1 is 1.29 bits per heavy atom. The lowest BCUT2D eigenvalue weighted by molar-refractivity contribution is 0.0526. The Morgan fingerprint density at radius 3 is 2.79 bits per heavy atom. The molecule has 0 unspecified atom stereocenters. The van der Waals surface area contributed by atoms with Crippen LogP contribution < -0.4 is 0 Å². The summed E-state index contributed by atoms with van der Waals surface area (Å²) in [5.74, 6) is 0.461. The highest BCUT2D eigenvalue weighted by Crippen LogP contribution is 2.40. The molecule has 1 heterocycles. The second-order valence-electron chi connectivity index (χ2n) is 8.27. The average Bonchev–Trinajstić information content (AvgIpc) is 3.02. The summed E-state index contributed by atoms with van der Waals surface area (Å²) < 4.78 is 11.0. The van der Waals surface area contributed by atoms with Crippen molar-refractivity contribution in [3.63, 3.8) is 0 Å². The minimum absolute atomic E-state index is 0.238. The van der Waals surface area contributed by atoms with Gasteiger partial charge in [0.05, 0.1) is 12.2 Å². The molecule has 0 amide bonds. The normalized spacial score (nSPS) is 17.5. The number of allylic oxidation sites excluding steroid dienone is 5. The first-order chi connectivity index (χ1) is 13.3. The van der Waals surface area contributed by atoms with Gasteiger partial charge < -0.3 is 9.15 Å². The van der Waals surface area contributed by atoms with E-state index in [0.717, 1.165) is 16.7 Å². The number of hydrogen-bond acceptors (Lipinski definition) is 3. The first-order valence-corrected chi connectivity index (χ1v) is 10.1. The van der Waals surface area contributed by atoms with Gasteiger partial charge in [-0.15, -0.1) is 0 Å². The molecule has 0 aliphatic heterocycles. The van der Waals surface area contributed by atoms with E-state index in [-0.39, 0.29) is 11.4 Å². The van der Waals surface area contributed by atoms with E-state index in [1.807, 2.05) is 18.2 Å². The molecule has 1 aliphatic rings. The van der Waals surface area contributed by atoms with Crippen LogP contribution >= 0.6 is 0 Å². The van der Waals surface area contributed by atoms with E-state index >= 15 is 0 Å². The molecule has 0 N–H and O–H groups in total. The summed E-state index contributed by atoms with van der Waals surface area (Å²) in [5.41, 5.74) is 5.53. The zero-order valence-electron chi connectivity index (χ0n) is 17.6. The lowest BCUT2D eigenvalue weighted by Gasteiger charge is -2.32. The average molecular weight is 379 g/mol. The van der Waals surface area contributed by atoms with Crippen molar-refractivity contribution in [3.05, 3.63) is 64.5 Å². The number of rotatable bonds is 5. The number of carbonyl (C=O) groups excluding carboxylic acids is 1. The largest absolute Gasteiger partial charge is 0.462 e. The molecule has 0 saturated carbocycles. The summed E-state index contributed by atoms with van der Waals surface area (Å²) in [7, 11) is 0. The highest BCUT2D eigenvalue weighted by molar-refractivity contribution is 5.94. The summed E-state index contributed by atoms with van der Waals surface area (Å²) in [4.78, 5) is 11.9. The Bertz CT molecular complexity index is 967. The van der Waals surface area contributed by atoms with Crippen LogP contribution in [-0.4, -0.2) is 12.6 Å². The Balaban J connectivity index is 1.82. The highest BCUT2D eigenvalue weighted by Gasteiger charge is 2.26. The minimum Gasteiger partial charge on any atom is -0.462 e. The molecule has 0 bridgehead atoms. The monoisotopic (exact) mass is 378 g/mol. The fourth-order valence-corrected chi connectivity index (χ4v) is 3.96. The van der Waals surface area contributed by atoms with Crippen LogP contribution in [-0.2, 0) is 4.74 Å². The van der Waals surface area contributed by atoms with Gasteiger partial charge in [-0.25, -0.2) is 4.79 Å². The minimum atomic E-state index is -0.323. The number of fused-ring (bicyclic) bond motifs is 1. The van der Waals surface area contributed by atoms with Crippen LogP contribution in [0.2, 0.25) is 0 Å². The zero-order valence-corrected chi connectivity index (χ0v) is 17.6. The number of hydrogen-bond donors (Lipinski definition) is 0. The molecule has 1 aliphatic carbocycles. The van der Waals surface area contributed by atoms with Gasteiger partial charge in [0.2, 0.25) is 0 Å². The van der Waals surface area contributed by atoms with Crippen LogP contribution in [0.25, 0.3) is 17.0 Å². The Labute approximate surface area is 167 Å². The van der Waals surface area contributed by atoms with Crippen molar-refractivity contribution in [2.24, 2.45) is 5.41 Å². The molecule has 148 valence electrons. The molecule has 3 nitrogen and oxygen atoms in total. The fourth-order valence-electron chi connectivity index (χ4n) is 3.96. The predicted octanol–water partition coefficient (Wildman–Crippen LogP) is 7.10. The van der Waals surface area contributed by atoms with Gasteiger partial charge in [-0.05, 0) is 80.9 Å². The van der Waals surface area contributed by atoms with Crippen LogP contribution in [0.4, 0.5) is 0 Å². The van der Waals surface area contributed by atoms with Gasteiger partial charge in [0.1, 0.15) is 11.3 Å². The summed E-state index contributed by atoms with van der Waals surface area (Å²) in [6.45, 7) is 11.2. The van der Waals surface area contributed by atoms with Crippen molar-refractivity contribution in [3.8, 4) is 0 Å². The van der Waals surface area contributed by atoms with Crippen molar-refractivity contribution in [2.75, 3.05) is 6.61 Å². The SMILES string of the molecule is CCOC(=O)c1ccc2cc(C=C(C)C=CC3=C(C)CCCC3(C)C)oc2c1. The molecule has 28 heavy (non-hydrogen) atoms. The fraction of sp³-hybridized carbons (Fsp3) is 0.400. The first-order valence-electron chi connectivity index (χ1n) is 10.1. The molecule has 0 fully saturated rings. The summed E-state index contributed by atoms with van der Waals surface area (Å²) in [5, 5.41) is 0.975. The Hall–Kier alpha value is -2.55. The summed E-state index contributed by atoms with van der Waals surface area (Å²) >= 11 is 0. The van der Waals surface area contributed by atoms with Gasteiger partial charge in [0, 0.05) is 5.39 Å². The maximum atomic E-state index is 11.9. The van der Waals surface area contributed by atoms with E-state index in [9.17, 15) is 4.79 Å². The van der Waals surface area contributed by atoms with E-state index in [2.05, 4.69) is 39.8 Å². The summed E-state index contributed by atoms with van der Waals surface area (Å²) in [6, 6.07) is 7.41. The molecule has 0 radical (unpaired) electrons. The van der Waals surface area contributed by atoms with E-state index < -0.39 is 0 Å². The third-order valence-corrected chi connectivity index (χ3v) is 5.48. The predicted molar refractivity (Wildman–Crippen MR) is 115 cm³/mol. The Kier molecular flexibility index (Phi) is 5.93. The third-order valence-electron chi connectivity index (χ3n) is 5.48. The van der Waals surface area contributed by atoms with Gasteiger partial charge >= 0.3 is 5.97 Å². The number of furan rings is 1. The Morgan fingerprint density at radius 2 is 2.07 bits per heavy atom. The van der Waals surface area contributed by atoms with Crippen LogP contribution in [0.3, 0.4) is 0 Å². The van der Waals surface area contributed by atoms with Gasteiger partial charge in [-0.1, -0.05) is 37.6 Å². The molecule has 0 spiro atoms. The third kappa shape index (κ3) is 4.46. The van der Waals surface area contributed by atoms with Gasteiger partial charge in [0.15, 0.2) is 0 Å². The standard InChI is InChI=1S/C25H30O3/c1-6-27-24(26)20-11-10-19-15-21(28-23(19)16-20)14-17(2)9-12-22-18(3)8-7-13-25(22,4)5/h9-12,14-16H,6-8,13H2,1-5H3. The molecule has 1 aromatic heterocycles. The van der Waals surface area contributed by atoms with Crippen molar-refractivity contribution < 1.29 is 13.9 Å². The number of esters is 1. The topological polar surface area (TPSA) is 39.4 Å². The quantitative estimate of drug-likeness (QED) is 0.411. The van der Waals surface area contributed by atoms with E-state index in [1.54, 1.807) is 19.1 Å². The van der Waals surface area contributed by atoms with Gasteiger partial charge in [-0.2, -0.15) is 0 Å². The van der Waals surface area contributed by atoms with Gasteiger partial charge in [0.25, 0.3) is 0 Å². The first kappa shape index (κ1) is 20.2. The van der Waals surface area contributed by atoms with E-state index in [0.29, 0.717) is 17.8 Å². The molecule has 2 aromatic rings. The van der Waals surface area contributed by atoms with Crippen LogP contribution in [0.5, 0.6) is 0 Å². The second kappa shape index (κ2) is 8.22. The van der Waals surface area contributed by atoms with Crippen molar-refractivity contribution in [1.29, 1.82) is 0 Å². The van der Waals surface area contributed by atoms with Crippen molar-refractivity contribution in [1.82, 2.24) is 0 Å². The van der Waals surface area contributed by atoms with Crippen molar-refractivity contribution in [2.45, 2.75) is 53.9 Å². The zero-order chi connectivity index (χ0) is 20.3. The lowest BCUT2D eigenvalue weighted by atomic mass is 9.72. The van der Waals surface area contributed by atoms with Gasteiger partial charge in [-0.3, -0.25) is 0 Å². The smallest absolute Gasteiger partial charge is 0.338 e. The van der Waals surface area contributed by atoms with Crippen molar-refractivity contribution >= 4 is 23.0 Å². The maximum Gasteiger partial charge on any atom is 0.338 e. The van der Waals surface area contributed by atoms with Crippen LogP contribution in [0, 0.1) is 5.41 Å². The summed E-state index contributed by atoms with van der Waals surface area (Å²) in [6.07, 6.45) is 10.2. The number of benzene rings is 1. The molecular weight excluding hydrogens is 348 g/mol. The molecular formula is C25H30O3. The van der Waals surface area contributed by atoms with E-state index in [4.69, 9.17) is 9.15 Å². The highest BCUT2D eigenvalue weighted by atomic mass is 16.5. The lowest BCUT2D eigenvalue weighted by Crippen LogP contribution is -2.19. The molecule has 3 heteroatoms. The molecule has 1 aromatic carbocycles. The maximum absolute atomic E-state index is 11.9. The van der Waals surface area contributed by atoms with E-state index in [1.165, 1.54) is 30.4 Å². The number of ether oxygens (including phenoxy) is 1. The molecule has 3 rings (SSSR count). The second-order valence-corrected chi connectivity index (χ2v) is 8.27.